The minimum Gasteiger partial charge on any atom is -0.493 e. The Labute approximate surface area is 94.5 Å². The zero-order valence-corrected chi connectivity index (χ0v) is 9.29. The van der Waals surface area contributed by atoms with Crippen molar-refractivity contribution in [3.63, 3.8) is 0 Å². The molecule has 0 fully saturated rings. The molecule has 88 valence electrons. The van der Waals surface area contributed by atoms with Gasteiger partial charge in [-0.3, -0.25) is 0 Å². The Morgan fingerprint density at radius 3 is 3.06 bits per heavy atom. The molecular weight excluding hydrogens is 208 g/mol. The van der Waals surface area contributed by atoms with E-state index < -0.39 is 0 Å². The first-order chi connectivity index (χ1) is 7.85. The smallest absolute Gasteiger partial charge is 0.231 e. The highest BCUT2D eigenvalue weighted by atomic mass is 16.7. The van der Waals surface area contributed by atoms with Crippen LogP contribution in [0.1, 0.15) is 5.56 Å². The van der Waals surface area contributed by atoms with Crippen molar-refractivity contribution < 1.29 is 14.2 Å². The molecule has 1 aliphatic rings. The van der Waals surface area contributed by atoms with Crippen LogP contribution in [-0.2, 0) is 6.54 Å². The third-order valence-electron chi connectivity index (χ3n) is 2.37. The van der Waals surface area contributed by atoms with Gasteiger partial charge in [0.1, 0.15) is 0 Å². The third-order valence-corrected chi connectivity index (χ3v) is 2.37. The maximum atomic E-state index is 5.41. The topological polar surface area (TPSA) is 65.7 Å². The Hall–Kier alpha value is -1.46. The van der Waals surface area contributed by atoms with Gasteiger partial charge in [-0.15, -0.1) is 0 Å². The van der Waals surface area contributed by atoms with Crippen LogP contribution in [0, 0.1) is 0 Å². The number of benzene rings is 1. The van der Waals surface area contributed by atoms with E-state index in [9.17, 15) is 0 Å². The molecule has 0 bridgehead atoms. The predicted molar refractivity (Wildman–Crippen MR) is 59.9 cm³/mol. The van der Waals surface area contributed by atoms with Crippen LogP contribution in [0.3, 0.4) is 0 Å². The molecule has 1 aliphatic heterocycles. The highest BCUT2D eigenvalue weighted by Gasteiger charge is 2.19. The van der Waals surface area contributed by atoms with Crippen LogP contribution in [0.2, 0.25) is 0 Å². The lowest BCUT2D eigenvalue weighted by Crippen LogP contribution is -2.21. The molecule has 5 nitrogen and oxygen atoms in total. The normalized spacial score (nSPS) is 12.9. The molecule has 3 N–H and O–H groups in total. The summed E-state index contributed by atoms with van der Waals surface area (Å²) in [6.07, 6.45) is 0. The number of nitrogens with one attached hydrogen (secondary N) is 1. The standard InChI is InChI=1S/C11H16N2O3/c1-14-9-4-8(6-13-3-2-12)5-10-11(9)16-7-15-10/h4-5,13H,2-3,6-7,12H2,1H3. The van der Waals surface area contributed by atoms with Crippen molar-refractivity contribution in [3.8, 4) is 17.2 Å². The fourth-order valence-electron chi connectivity index (χ4n) is 1.62. The zero-order valence-electron chi connectivity index (χ0n) is 9.29. The van der Waals surface area contributed by atoms with Crippen molar-refractivity contribution in [3.05, 3.63) is 17.7 Å². The van der Waals surface area contributed by atoms with E-state index in [-0.39, 0.29) is 6.79 Å². The molecule has 5 heteroatoms. The van der Waals surface area contributed by atoms with Crippen molar-refractivity contribution in [2.45, 2.75) is 6.54 Å². The molecular formula is C11H16N2O3. The largest absolute Gasteiger partial charge is 0.493 e. The van der Waals surface area contributed by atoms with Gasteiger partial charge < -0.3 is 25.3 Å². The van der Waals surface area contributed by atoms with Crippen molar-refractivity contribution in [1.82, 2.24) is 5.32 Å². The van der Waals surface area contributed by atoms with Crippen LogP contribution in [0.5, 0.6) is 17.2 Å². The molecule has 1 aromatic rings. The summed E-state index contributed by atoms with van der Waals surface area (Å²) >= 11 is 0. The van der Waals surface area contributed by atoms with Gasteiger partial charge in [-0.1, -0.05) is 0 Å². The third kappa shape index (κ3) is 2.20. The van der Waals surface area contributed by atoms with Gasteiger partial charge in [0.2, 0.25) is 12.5 Å². The lowest BCUT2D eigenvalue weighted by atomic mass is 10.2. The van der Waals surface area contributed by atoms with E-state index in [0.29, 0.717) is 18.0 Å². The van der Waals surface area contributed by atoms with Crippen LogP contribution in [0.4, 0.5) is 0 Å². The molecule has 0 saturated heterocycles. The maximum absolute atomic E-state index is 5.41. The monoisotopic (exact) mass is 224 g/mol. The molecule has 16 heavy (non-hydrogen) atoms. The number of rotatable bonds is 5. The van der Waals surface area contributed by atoms with Gasteiger partial charge in [-0.2, -0.15) is 0 Å². The van der Waals surface area contributed by atoms with E-state index in [2.05, 4.69) is 5.32 Å². The first-order valence-electron chi connectivity index (χ1n) is 5.22. The summed E-state index contributed by atoms with van der Waals surface area (Å²) in [4.78, 5) is 0. The summed E-state index contributed by atoms with van der Waals surface area (Å²) in [6.45, 7) is 2.41. The van der Waals surface area contributed by atoms with E-state index in [1.54, 1.807) is 7.11 Å². The second-order valence-electron chi connectivity index (χ2n) is 3.50. The molecule has 0 aromatic heterocycles. The number of ether oxygens (including phenoxy) is 3. The minimum absolute atomic E-state index is 0.255. The van der Waals surface area contributed by atoms with Crippen LogP contribution in [0.15, 0.2) is 12.1 Å². The maximum Gasteiger partial charge on any atom is 0.231 e. The average molecular weight is 224 g/mol. The summed E-state index contributed by atoms with van der Waals surface area (Å²) < 4.78 is 15.9. The van der Waals surface area contributed by atoms with Gasteiger partial charge in [0.05, 0.1) is 7.11 Å². The minimum atomic E-state index is 0.255. The molecule has 1 aromatic carbocycles. The van der Waals surface area contributed by atoms with E-state index in [1.165, 1.54) is 0 Å². The summed E-state index contributed by atoms with van der Waals surface area (Å²) in [5, 5.41) is 3.22. The molecule has 0 aliphatic carbocycles. The molecule has 0 atom stereocenters. The summed E-state index contributed by atoms with van der Waals surface area (Å²) in [5.41, 5.74) is 6.50. The Balaban J connectivity index is 2.14. The summed E-state index contributed by atoms with van der Waals surface area (Å²) in [6, 6.07) is 3.89. The lowest BCUT2D eigenvalue weighted by Gasteiger charge is -2.08. The molecule has 1 heterocycles. The fraction of sp³-hybridized carbons (Fsp3) is 0.455. The Bertz CT molecular complexity index is 368. The van der Waals surface area contributed by atoms with Gasteiger partial charge in [0.15, 0.2) is 11.5 Å². The Morgan fingerprint density at radius 2 is 2.31 bits per heavy atom. The summed E-state index contributed by atoms with van der Waals surface area (Å²) in [5.74, 6) is 2.13. The average Bonchev–Trinajstić information content (AvgIpc) is 2.76. The van der Waals surface area contributed by atoms with Crippen molar-refractivity contribution >= 4 is 0 Å². The molecule has 0 unspecified atom stereocenters. The van der Waals surface area contributed by atoms with Crippen LogP contribution in [-0.4, -0.2) is 27.0 Å². The number of nitrogens with two attached hydrogens (primary N) is 1. The lowest BCUT2D eigenvalue weighted by molar-refractivity contribution is 0.171. The van der Waals surface area contributed by atoms with Gasteiger partial charge in [-0.25, -0.2) is 0 Å². The van der Waals surface area contributed by atoms with Crippen LogP contribution in [0.25, 0.3) is 0 Å². The van der Waals surface area contributed by atoms with E-state index in [1.807, 2.05) is 12.1 Å². The first-order valence-corrected chi connectivity index (χ1v) is 5.22. The zero-order chi connectivity index (χ0) is 11.4. The van der Waals surface area contributed by atoms with Gasteiger partial charge >= 0.3 is 0 Å². The summed E-state index contributed by atoms with van der Waals surface area (Å²) in [7, 11) is 1.62. The first kappa shape index (κ1) is 11.0. The number of hydrogen-bond donors (Lipinski definition) is 2. The molecule has 0 spiro atoms. The molecule has 0 saturated carbocycles. The fourth-order valence-corrected chi connectivity index (χ4v) is 1.62. The van der Waals surface area contributed by atoms with E-state index in [0.717, 1.165) is 24.4 Å². The van der Waals surface area contributed by atoms with Crippen molar-refractivity contribution in [2.75, 3.05) is 27.0 Å². The van der Waals surface area contributed by atoms with Crippen molar-refractivity contribution in [2.24, 2.45) is 5.73 Å². The second kappa shape index (κ2) is 5.05. The Morgan fingerprint density at radius 1 is 1.44 bits per heavy atom. The number of methoxy groups -OCH3 is 1. The van der Waals surface area contributed by atoms with Gasteiger partial charge in [-0.05, 0) is 17.7 Å². The highest BCUT2D eigenvalue weighted by Crippen LogP contribution is 2.41. The molecule has 0 radical (unpaired) electrons. The molecule has 2 rings (SSSR count). The quantitative estimate of drug-likeness (QED) is 0.712. The highest BCUT2D eigenvalue weighted by molar-refractivity contribution is 5.55. The van der Waals surface area contributed by atoms with Crippen molar-refractivity contribution in [1.29, 1.82) is 0 Å². The van der Waals surface area contributed by atoms with Gasteiger partial charge in [0.25, 0.3) is 0 Å². The van der Waals surface area contributed by atoms with Crippen LogP contribution < -0.4 is 25.3 Å². The van der Waals surface area contributed by atoms with E-state index >= 15 is 0 Å². The van der Waals surface area contributed by atoms with E-state index in [4.69, 9.17) is 19.9 Å². The Kier molecular flexibility index (Phi) is 3.48. The number of hydrogen-bond acceptors (Lipinski definition) is 5. The number of fused-ring (bicyclic) bond motifs is 1. The molecule has 0 amide bonds. The SMILES string of the molecule is COc1cc(CNCCN)cc2c1OCO2. The predicted octanol–water partition coefficient (Wildman–Crippen LogP) is 0.472. The van der Waals surface area contributed by atoms with Gasteiger partial charge in [0, 0.05) is 19.6 Å². The van der Waals surface area contributed by atoms with Crippen LogP contribution >= 0.6 is 0 Å². The second-order valence-corrected chi connectivity index (χ2v) is 3.50.